The smallest absolute Gasteiger partial charge is 0.257 e. The molecule has 0 aliphatic heterocycles. The van der Waals surface area contributed by atoms with Crippen molar-refractivity contribution in [2.45, 2.75) is 13.1 Å². The van der Waals surface area contributed by atoms with Gasteiger partial charge in [0.2, 0.25) is 0 Å². The Morgan fingerprint density at radius 3 is 1.87 bits per heavy atom. The van der Waals surface area contributed by atoms with Gasteiger partial charge in [-0.2, -0.15) is 0 Å². The summed E-state index contributed by atoms with van der Waals surface area (Å²) in [4.78, 5) is 21.5. The van der Waals surface area contributed by atoms with E-state index in [4.69, 9.17) is 0 Å². The molecule has 0 spiro atoms. The summed E-state index contributed by atoms with van der Waals surface area (Å²) in [7, 11) is 0. The molecule has 0 aliphatic rings. The van der Waals surface area contributed by atoms with E-state index in [0.29, 0.717) is 13.1 Å². The molecule has 5 aromatic rings. The minimum Gasteiger partial charge on any atom is -0.361 e. The summed E-state index contributed by atoms with van der Waals surface area (Å²) in [5, 5.41) is 2.12. The van der Waals surface area contributed by atoms with Crippen LogP contribution in [0, 0.1) is 5.82 Å². The molecule has 0 saturated carbocycles. The van der Waals surface area contributed by atoms with E-state index in [1.807, 2.05) is 60.9 Å². The molecule has 0 atom stereocenters. The lowest BCUT2D eigenvalue weighted by Crippen LogP contribution is -2.31. The van der Waals surface area contributed by atoms with Crippen molar-refractivity contribution in [3.05, 3.63) is 108 Å². The Morgan fingerprint density at radius 2 is 1.30 bits per heavy atom. The number of benzene rings is 3. The Bertz CT molecular complexity index is 1270. The van der Waals surface area contributed by atoms with Gasteiger partial charge in [-0.1, -0.05) is 36.4 Å². The first-order chi connectivity index (χ1) is 14.7. The van der Waals surface area contributed by atoms with Gasteiger partial charge in [0.1, 0.15) is 5.82 Å². The molecule has 5 heteroatoms. The third-order valence-corrected chi connectivity index (χ3v) is 5.48. The van der Waals surface area contributed by atoms with E-state index < -0.39 is 5.82 Å². The molecule has 0 fully saturated rings. The highest BCUT2D eigenvalue weighted by Crippen LogP contribution is 2.24. The quantitative estimate of drug-likeness (QED) is 0.397. The molecule has 0 bridgehead atoms. The molecule has 4 nitrogen and oxygen atoms in total. The van der Waals surface area contributed by atoms with Crippen molar-refractivity contribution in [2.75, 3.05) is 0 Å². The summed E-state index contributed by atoms with van der Waals surface area (Å²) in [5.41, 5.74) is 4.14. The van der Waals surface area contributed by atoms with E-state index >= 15 is 0 Å². The number of aromatic nitrogens is 2. The fourth-order valence-corrected chi connectivity index (χ4v) is 3.99. The van der Waals surface area contributed by atoms with Gasteiger partial charge in [0, 0.05) is 47.3 Å². The summed E-state index contributed by atoms with van der Waals surface area (Å²) in [6, 6.07) is 22.1. The summed E-state index contributed by atoms with van der Waals surface area (Å²) >= 11 is 0. The van der Waals surface area contributed by atoms with Gasteiger partial charge in [0.05, 0.1) is 5.56 Å². The van der Waals surface area contributed by atoms with Crippen LogP contribution >= 0.6 is 0 Å². The number of halogens is 1. The second kappa shape index (κ2) is 7.52. The Labute approximate surface area is 173 Å². The maximum atomic E-state index is 14.4. The normalized spacial score (nSPS) is 11.2. The lowest BCUT2D eigenvalue weighted by molar-refractivity contribution is 0.0726. The van der Waals surface area contributed by atoms with Crippen molar-refractivity contribution in [1.82, 2.24) is 14.9 Å². The Morgan fingerprint density at radius 1 is 0.733 bits per heavy atom. The standard InChI is InChI=1S/C25H20FN3O/c26-22-8-2-1-7-21(22)25(30)29(15-17-5-3-9-23-19(17)11-13-27-23)16-18-6-4-10-24-20(18)12-14-28-24/h1-14,27-28H,15-16H2. The third kappa shape index (κ3) is 3.24. The number of hydrogen-bond acceptors (Lipinski definition) is 1. The lowest BCUT2D eigenvalue weighted by atomic mass is 10.1. The van der Waals surface area contributed by atoms with Gasteiger partial charge in [0.25, 0.3) is 5.91 Å². The van der Waals surface area contributed by atoms with Crippen LogP contribution in [0.4, 0.5) is 4.39 Å². The zero-order valence-electron chi connectivity index (χ0n) is 16.2. The minimum atomic E-state index is -0.507. The molecule has 2 aromatic heterocycles. The van der Waals surface area contributed by atoms with Crippen molar-refractivity contribution in [2.24, 2.45) is 0 Å². The maximum absolute atomic E-state index is 14.4. The topological polar surface area (TPSA) is 51.9 Å². The van der Waals surface area contributed by atoms with Crippen LogP contribution in [0.2, 0.25) is 0 Å². The molecule has 30 heavy (non-hydrogen) atoms. The number of fused-ring (bicyclic) bond motifs is 2. The number of rotatable bonds is 5. The van der Waals surface area contributed by atoms with Crippen LogP contribution in [-0.4, -0.2) is 20.8 Å². The lowest BCUT2D eigenvalue weighted by Gasteiger charge is -2.24. The average Bonchev–Trinajstić information content (AvgIpc) is 3.43. The number of nitrogens with one attached hydrogen (secondary N) is 2. The van der Waals surface area contributed by atoms with E-state index in [1.165, 1.54) is 6.07 Å². The molecule has 0 aliphatic carbocycles. The monoisotopic (exact) mass is 397 g/mol. The largest absolute Gasteiger partial charge is 0.361 e. The van der Waals surface area contributed by atoms with Gasteiger partial charge < -0.3 is 14.9 Å². The molecule has 3 aromatic carbocycles. The van der Waals surface area contributed by atoms with Gasteiger partial charge in [0.15, 0.2) is 0 Å². The van der Waals surface area contributed by atoms with Crippen LogP contribution in [0.25, 0.3) is 21.8 Å². The molecular formula is C25H20FN3O. The van der Waals surface area contributed by atoms with Crippen LogP contribution < -0.4 is 0 Å². The first kappa shape index (κ1) is 18.2. The predicted molar refractivity (Wildman–Crippen MR) is 117 cm³/mol. The van der Waals surface area contributed by atoms with Crippen LogP contribution in [0.1, 0.15) is 21.5 Å². The fraction of sp³-hybridized carbons (Fsp3) is 0.0800. The fourth-order valence-electron chi connectivity index (χ4n) is 3.99. The maximum Gasteiger partial charge on any atom is 0.257 e. The van der Waals surface area contributed by atoms with Crippen molar-refractivity contribution in [3.63, 3.8) is 0 Å². The van der Waals surface area contributed by atoms with Crippen molar-refractivity contribution < 1.29 is 9.18 Å². The summed E-state index contributed by atoms with van der Waals surface area (Å²) in [6.07, 6.45) is 3.77. The molecule has 148 valence electrons. The number of nitrogens with zero attached hydrogens (tertiary/aromatic N) is 1. The average molecular weight is 397 g/mol. The third-order valence-electron chi connectivity index (χ3n) is 5.48. The number of hydrogen-bond donors (Lipinski definition) is 2. The molecule has 1 amide bonds. The van der Waals surface area contributed by atoms with Gasteiger partial charge >= 0.3 is 0 Å². The van der Waals surface area contributed by atoms with Crippen molar-refractivity contribution in [1.29, 1.82) is 0 Å². The first-order valence-corrected chi connectivity index (χ1v) is 9.84. The van der Waals surface area contributed by atoms with E-state index in [0.717, 1.165) is 32.9 Å². The van der Waals surface area contributed by atoms with Crippen LogP contribution in [0.5, 0.6) is 0 Å². The highest BCUT2D eigenvalue weighted by molar-refractivity contribution is 5.95. The zero-order valence-corrected chi connectivity index (χ0v) is 16.2. The van der Waals surface area contributed by atoms with Gasteiger partial charge in [-0.3, -0.25) is 4.79 Å². The second-order valence-electron chi connectivity index (χ2n) is 7.35. The summed E-state index contributed by atoms with van der Waals surface area (Å²) < 4.78 is 14.4. The van der Waals surface area contributed by atoms with Crippen molar-refractivity contribution >= 4 is 27.7 Å². The van der Waals surface area contributed by atoms with E-state index in [9.17, 15) is 9.18 Å². The summed E-state index contributed by atoms with van der Waals surface area (Å²) in [6.45, 7) is 0.756. The Balaban J connectivity index is 1.56. The first-order valence-electron chi connectivity index (χ1n) is 9.84. The number of H-pyrrole nitrogens is 2. The molecule has 2 N–H and O–H groups in total. The molecule has 0 radical (unpaired) electrons. The van der Waals surface area contributed by atoms with E-state index in [2.05, 4.69) is 9.97 Å². The predicted octanol–water partition coefficient (Wildman–Crippen LogP) is 5.63. The number of carbonyl (C=O) groups is 1. The van der Waals surface area contributed by atoms with E-state index in [1.54, 1.807) is 23.1 Å². The number of amides is 1. The summed E-state index contributed by atoms with van der Waals surface area (Å²) in [5.74, 6) is -0.833. The number of carbonyl (C=O) groups excluding carboxylic acids is 1. The molecule has 5 rings (SSSR count). The van der Waals surface area contributed by atoms with Gasteiger partial charge in [-0.15, -0.1) is 0 Å². The highest BCUT2D eigenvalue weighted by atomic mass is 19.1. The van der Waals surface area contributed by atoms with Gasteiger partial charge in [-0.05, 0) is 47.5 Å². The molecule has 0 saturated heterocycles. The second-order valence-corrected chi connectivity index (χ2v) is 7.35. The molecule has 2 heterocycles. The molecular weight excluding hydrogens is 377 g/mol. The zero-order chi connectivity index (χ0) is 20.5. The Kier molecular flexibility index (Phi) is 4.56. The Hall–Kier alpha value is -3.86. The number of aromatic amines is 2. The van der Waals surface area contributed by atoms with E-state index in [-0.39, 0.29) is 11.5 Å². The molecule has 0 unspecified atom stereocenters. The SMILES string of the molecule is O=C(c1ccccc1F)N(Cc1cccc2[nH]ccc12)Cc1cccc2[nH]ccc12. The van der Waals surface area contributed by atoms with Crippen LogP contribution in [0.3, 0.4) is 0 Å². The van der Waals surface area contributed by atoms with Crippen LogP contribution in [0.15, 0.2) is 85.2 Å². The van der Waals surface area contributed by atoms with Crippen molar-refractivity contribution in [3.8, 4) is 0 Å². The van der Waals surface area contributed by atoms with Gasteiger partial charge in [-0.25, -0.2) is 4.39 Å². The minimum absolute atomic E-state index is 0.0833. The highest BCUT2D eigenvalue weighted by Gasteiger charge is 2.21. The van der Waals surface area contributed by atoms with Crippen LogP contribution in [-0.2, 0) is 13.1 Å².